The summed E-state index contributed by atoms with van der Waals surface area (Å²) in [5.41, 5.74) is 2.33. The predicted molar refractivity (Wildman–Crippen MR) is 85.8 cm³/mol. The van der Waals surface area contributed by atoms with Crippen LogP contribution in [0.2, 0.25) is 0 Å². The number of aldehydes is 1. The second-order valence-electron chi connectivity index (χ2n) is 5.23. The van der Waals surface area contributed by atoms with Crippen LogP contribution in [0.5, 0.6) is 0 Å². The summed E-state index contributed by atoms with van der Waals surface area (Å²) in [5.74, 6) is 0. The van der Waals surface area contributed by atoms with E-state index in [0.717, 1.165) is 14.9 Å². The summed E-state index contributed by atoms with van der Waals surface area (Å²) < 4.78 is 27.0. The summed E-state index contributed by atoms with van der Waals surface area (Å²) in [6.07, 6.45) is 0.598. The van der Waals surface area contributed by atoms with Gasteiger partial charge in [0.15, 0.2) is 6.29 Å². The van der Waals surface area contributed by atoms with Crippen molar-refractivity contribution in [1.82, 2.24) is 3.97 Å². The molecular formula is C17H15NO3S. The molecular weight excluding hydrogens is 298 g/mol. The Morgan fingerprint density at radius 1 is 0.955 bits per heavy atom. The van der Waals surface area contributed by atoms with Gasteiger partial charge in [-0.15, -0.1) is 0 Å². The first kappa shape index (κ1) is 14.5. The fraction of sp³-hybridized carbons (Fsp3) is 0.118. The highest BCUT2D eigenvalue weighted by Crippen LogP contribution is 2.28. The van der Waals surface area contributed by atoms with Crippen LogP contribution in [0.4, 0.5) is 0 Å². The Hall–Kier alpha value is -2.40. The Morgan fingerprint density at radius 2 is 1.59 bits per heavy atom. The van der Waals surface area contributed by atoms with E-state index in [2.05, 4.69) is 0 Å². The van der Waals surface area contributed by atoms with Crippen LogP contribution in [-0.4, -0.2) is 18.7 Å². The smallest absolute Gasteiger partial charge is 0.268 e. The minimum absolute atomic E-state index is 0.168. The van der Waals surface area contributed by atoms with Gasteiger partial charge in [0.2, 0.25) is 0 Å². The molecule has 0 radical (unpaired) electrons. The Labute approximate surface area is 129 Å². The van der Waals surface area contributed by atoms with Gasteiger partial charge in [-0.25, -0.2) is 12.4 Å². The molecule has 0 unspecified atom stereocenters. The zero-order valence-electron chi connectivity index (χ0n) is 12.3. The maximum Gasteiger partial charge on any atom is 0.268 e. The molecule has 3 rings (SSSR count). The highest BCUT2D eigenvalue weighted by atomic mass is 32.2. The van der Waals surface area contributed by atoms with Gasteiger partial charge in [-0.3, -0.25) is 4.79 Å². The lowest BCUT2D eigenvalue weighted by molar-refractivity contribution is 0.111. The quantitative estimate of drug-likeness (QED) is 0.697. The van der Waals surface area contributed by atoms with Crippen LogP contribution in [0.3, 0.4) is 0 Å². The summed E-state index contributed by atoms with van der Waals surface area (Å²) in [4.78, 5) is 11.6. The number of nitrogens with zero attached hydrogens (tertiary/aromatic N) is 1. The van der Waals surface area contributed by atoms with Crippen LogP contribution in [0, 0.1) is 13.8 Å². The van der Waals surface area contributed by atoms with Crippen LogP contribution in [0.25, 0.3) is 10.9 Å². The third-order valence-corrected chi connectivity index (χ3v) is 5.54. The zero-order valence-corrected chi connectivity index (χ0v) is 13.1. The number of fused-ring (bicyclic) bond motifs is 1. The molecule has 0 N–H and O–H groups in total. The maximum atomic E-state index is 13.0. The molecule has 0 bridgehead atoms. The van der Waals surface area contributed by atoms with Gasteiger partial charge in [0, 0.05) is 5.39 Å². The van der Waals surface area contributed by atoms with E-state index in [1.807, 2.05) is 19.1 Å². The standard InChI is InChI=1S/C17H15NO3S/c1-12-7-9-14(10-8-12)22(20,21)18-16-6-4-3-5-15(16)13(2)17(18)11-19/h3-11H,1-2H3. The lowest BCUT2D eigenvalue weighted by Crippen LogP contribution is -2.15. The van der Waals surface area contributed by atoms with Crippen molar-refractivity contribution in [3.8, 4) is 0 Å². The topological polar surface area (TPSA) is 56.1 Å². The molecule has 22 heavy (non-hydrogen) atoms. The van der Waals surface area contributed by atoms with Gasteiger partial charge in [-0.2, -0.15) is 0 Å². The number of hydrogen-bond donors (Lipinski definition) is 0. The molecule has 0 atom stereocenters. The number of aryl methyl sites for hydroxylation is 2. The average molecular weight is 313 g/mol. The molecule has 3 aromatic rings. The Balaban J connectivity index is 2.38. The highest BCUT2D eigenvalue weighted by Gasteiger charge is 2.24. The second kappa shape index (κ2) is 5.10. The molecule has 0 fully saturated rings. The van der Waals surface area contributed by atoms with E-state index in [0.29, 0.717) is 17.4 Å². The Morgan fingerprint density at radius 3 is 2.23 bits per heavy atom. The first-order chi connectivity index (χ1) is 10.5. The number of carbonyl (C=O) groups is 1. The second-order valence-corrected chi connectivity index (χ2v) is 7.01. The normalized spacial score (nSPS) is 11.7. The Kier molecular flexibility index (Phi) is 3.37. The third kappa shape index (κ3) is 2.05. The molecule has 0 saturated heterocycles. The fourth-order valence-electron chi connectivity index (χ4n) is 2.60. The molecule has 0 aliphatic rings. The average Bonchev–Trinajstić information content (AvgIpc) is 2.81. The van der Waals surface area contributed by atoms with E-state index in [1.54, 1.807) is 43.3 Å². The van der Waals surface area contributed by atoms with Crippen LogP contribution in [0.1, 0.15) is 21.6 Å². The largest absolute Gasteiger partial charge is 0.296 e. The first-order valence-electron chi connectivity index (χ1n) is 6.84. The van der Waals surface area contributed by atoms with Crippen LogP contribution in [-0.2, 0) is 10.0 Å². The predicted octanol–water partition coefficient (Wildman–Crippen LogP) is 3.31. The van der Waals surface area contributed by atoms with E-state index in [-0.39, 0.29) is 10.6 Å². The summed E-state index contributed by atoms with van der Waals surface area (Å²) in [5, 5.41) is 0.764. The molecule has 0 spiro atoms. The number of carbonyl (C=O) groups excluding carboxylic acids is 1. The van der Waals surface area contributed by atoms with Crippen molar-refractivity contribution in [3.63, 3.8) is 0 Å². The van der Waals surface area contributed by atoms with Gasteiger partial charge < -0.3 is 0 Å². The molecule has 1 heterocycles. The fourth-order valence-corrected chi connectivity index (χ4v) is 4.15. The molecule has 2 aromatic carbocycles. The lowest BCUT2D eigenvalue weighted by Gasteiger charge is -2.09. The number of benzene rings is 2. The van der Waals surface area contributed by atoms with E-state index >= 15 is 0 Å². The monoisotopic (exact) mass is 313 g/mol. The van der Waals surface area contributed by atoms with Gasteiger partial charge in [0.1, 0.15) is 5.69 Å². The van der Waals surface area contributed by atoms with Crippen molar-refractivity contribution in [2.75, 3.05) is 0 Å². The van der Waals surface area contributed by atoms with E-state index < -0.39 is 10.0 Å². The van der Waals surface area contributed by atoms with Crippen molar-refractivity contribution in [2.24, 2.45) is 0 Å². The molecule has 5 heteroatoms. The summed E-state index contributed by atoms with van der Waals surface area (Å²) >= 11 is 0. The molecule has 0 saturated carbocycles. The minimum Gasteiger partial charge on any atom is -0.296 e. The van der Waals surface area contributed by atoms with Crippen LogP contribution >= 0.6 is 0 Å². The SMILES string of the molecule is Cc1ccc(S(=O)(=O)n2c(C=O)c(C)c3ccccc32)cc1. The molecule has 4 nitrogen and oxygen atoms in total. The van der Waals surface area contributed by atoms with Crippen LogP contribution < -0.4 is 0 Å². The van der Waals surface area contributed by atoms with Gasteiger partial charge in [-0.1, -0.05) is 35.9 Å². The molecule has 0 aliphatic carbocycles. The van der Waals surface area contributed by atoms with Crippen molar-refractivity contribution >= 4 is 27.2 Å². The van der Waals surface area contributed by atoms with Crippen molar-refractivity contribution in [3.05, 3.63) is 65.4 Å². The summed E-state index contributed by atoms with van der Waals surface area (Å²) in [6.45, 7) is 3.65. The van der Waals surface area contributed by atoms with Gasteiger partial charge in [0.05, 0.1) is 10.4 Å². The van der Waals surface area contributed by atoms with E-state index in [4.69, 9.17) is 0 Å². The maximum absolute atomic E-state index is 13.0. The van der Waals surface area contributed by atoms with Crippen molar-refractivity contribution in [1.29, 1.82) is 0 Å². The number of aromatic nitrogens is 1. The third-order valence-electron chi connectivity index (χ3n) is 3.80. The number of para-hydroxylation sites is 1. The Bertz CT molecular complexity index is 967. The van der Waals surface area contributed by atoms with Gasteiger partial charge in [-0.05, 0) is 37.6 Å². The molecule has 0 aliphatic heterocycles. The van der Waals surface area contributed by atoms with Crippen molar-refractivity contribution < 1.29 is 13.2 Å². The van der Waals surface area contributed by atoms with Gasteiger partial charge in [0.25, 0.3) is 10.0 Å². The zero-order chi connectivity index (χ0) is 15.9. The summed E-state index contributed by atoms with van der Waals surface area (Å²) in [6, 6.07) is 13.7. The number of rotatable bonds is 3. The summed E-state index contributed by atoms with van der Waals surface area (Å²) in [7, 11) is -3.82. The number of hydrogen-bond acceptors (Lipinski definition) is 3. The molecule has 1 aromatic heterocycles. The minimum atomic E-state index is -3.82. The highest BCUT2D eigenvalue weighted by molar-refractivity contribution is 7.90. The first-order valence-corrected chi connectivity index (χ1v) is 8.28. The van der Waals surface area contributed by atoms with Crippen molar-refractivity contribution in [2.45, 2.75) is 18.7 Å². The van der Waals surface area contributed by atoms with E-state index in [1.165, 1.54) is 0 Å². The lowest BCUT2D eigenvalue weighted by atomic mass is 10.2. The molecule has 112 valence electrons. The molecule has 0 amide bonds. The van der Waals surface area contributed by atoms with Gasteiger partial charge >= 0.3 is 0 Å². The van der Waals surface area contributed by atoms with E-state index in [9.17, 15) is 13.2 Å². The van der Waals surface area contributed by atoms with Crippen LogP contribution in [0.15, 0.2) is 53.4 Å².